The largest absolute Gasteiger partial charge is 0.366 e. The molecule has 0 saturated heterocycles. The summed E-state index contributed by atoms with van der Waals surface area (Å²) in [6.45, 7) is 4.91. The van der Waals surface area contributed by atoms with E-state index in [-0.39, 0.29) is 6.04 Å². The second kappa shape index (κ2) is 6.63. The van der Waals surface area contributed by atoms with Crippen molar-refractivity contribution in [1.29, 1.82) is 0 Å². The molecule has 106 valence electrons. The average molecular weight is 289 g/mol. The molecule has 1 amide bonds. The van der Waals surface area contributed by atoms with Crippen molar-refractivity contribution in [1.82, 2.24) is 10.3 Å². The number of nitrogens with two attached hydrogens (primary N) is 1. The van der Waals surface area contributed by atoms with Crippen molar-refractivity contribution in [2.75, 3.05) is 0 Å². The molecule has 0 radical (unpaired) electrons. The average Bonchev–Trinajstić information content (AvgIpc) is 2.94. The van der Waals surface area contributed by atoms with Crippen LogP contribution in [-0.4, -0.2) is 10.9 Å². The zero-order valence-electron chi connectivity index (χ0n) is 11.7. The van der Waals surface area contributed by atoms with Gasteiger partial charge in [-0.1, -0.05) is 19.1 Å². The van der Waals surface area contributed by atoms with Gasteiger partial charge in [0.1, 0.15) is 5.01 Å². The van der Waals surface area contributed by atoms with Crippen LogP contribution in [0.3, 0.4) is 0 Å². The van der Waals surface area contributed by atoms with E-state index >= 15 is 0 Å². The zero-order valence-corrected chi connectivity index (χ0v) is 12.5. The van der Waals surface area contributed by atoms with E-state index in [9.17, 15) is 4.79 Å². The lowest BCUT2D eigenvalue weighted by molar-refractivity contribution is 0.1000. The van der Waals surface area contributed by atoms with Crippen LogP contribution in [0, 0.1) is 0 Å². The molecule has 1 aromatic heterocycles. The molecule has 3 N–H and O–H groups in total. The number of aryl methyl sites for hydroxylation is 1. The molecule has 5 heteroatoms. The van der Waals surface area contributed by atoms with Crippen LogP contribution in [0.5, 0.6) is 0 Å². The molecule has 1 aromatic carbocycles. The topological polar surface area (TPSA) is 68.0 Å². The molecule has 2 rings (SSSR count). The molecule has 4 nitrogen and oxygen atoms in total. The van der Waals surface area contributed by atoms with Gasteiger partial charge < -0.3 is 11.1 Å². The molecule has 0 spiro atoms. The lowest BCUT2D eigenvalue weighted by atomic mass is 10.1. The van der Waals surface area contributed by atoms with Crippen molar-refractivity contribution in [3.63, 3.8) is 0 Å². The minimum atomic E-state index is -0.396. The Bertz CT molecular complexity index is 594. The molecule has 1 heterocycles. The molecular formula is C15H19N3OS. The van der Waals surface area contributed by atoms with Gasteiger partial charge in [-0.25, -0.2) is 4.98 Å². The van der Waals surface area contributed by atoms with Crippen molar-refractivity contribution >= 4 is 17.2 Å². The fourth-order valence-electron chi connectivity index (χ4n) is 1.88. The summed E-state index contributed by atoms with van der Waals surface area (Å²) in [5.41, 5.74) is 6.86. The maximum atomic E-state index is 11.1. The van der Waals surface area contributed by atoms with Crippen LogP contribution in [0.1, 0.15) is 45.7 Å². The third-order valence-electron chi connectivity index (χ3n) is 3.11. The van der Waals surface area contributed by atoms with Crippen molar-refractivity contribution in [2.45, 2.75) is 32.9 Å². The van der Waals surface area contributed by atoms with Crippen molar-refractivity contribution < 1.29 is 4.79 Å². The Morgan fingerprint density at radius 3 is 2.95 bits per heavy atom. The Kier molecular flexibility index (Phi) is 4.87. The highest BCUT2D eigenvalue weighted by atomic mass is 32.1. The van der Waals surface area contributed by atoms with Crippen LogP contribution in [0.2, 0.25) is 0 Å². The first kappa shape index (κ1) is 14.7. The Balaban J connectivity index is 1.97. The number of benzene rings is 1. The summed E-state index contributed by atoms with van der Waals surface area (Å²) >= 11 is 1.74. The molecule has 0 aliphatic carbocycles. The van der Waals surface area contributed by atoms with Gasteiger partial charge in [0.15, 0.2) is 0 Å². The summed E-state index contributed by atoms with van der Waals surface area (Å²) in [5.74, 6) is -0.396. The lowest BCUT2D eigenvalue weighted by Gasteiger charge is -2.11. The van der Waals surface area contributed by atoms with Crippen LogP contribution in [0.4, 0.5) is 0 Å². The van der Waals surface area contributed by atoms with Crippen LogP contribution in [-0.2, 0) is 13.0 Å². The third kappa shape index (κ3) is 3.65. The minimum Gasteiger partial charge on any atom is -0.366 e. The first-order valence-corrected chi connectivity index (χ1v) is 7.48. The summed E-state index contributed by atoms with van der Waals surface area (Å²) in [7, 11) is 0. The molecular weight excluding hydrogens is 270 g/mol. The van der Waals surface area contributed by atoms with Crippen molar-refractivity contribution in [3.8, 4) is 0 Å². The van der Waals surface area contributed by atoms with E-state index in [1.807, 2.05) is 24.4 Å². The molecule has 1 atom stereocenters. The fourth-order valence-corrected chi connectivity index (χ4v) is 2.76. The van der Waals surface area contributed by atoms with Gasteiger partial charge in [-0.05, 0) is 31.0 Å². The van der Waals surface area contributed by atoms with Gasteiger partial charge in [-0.3, -0.25) is 4.79 Å². The maximum absolute atomic E-state index is 11.1. The van der Waals surface area contributed by atoms with Gasteiger partial charge in [0.25, 0.3) is 0 Å². The van der Waals surface area contributed by atoms with E-state index in [4.69, 9.17) is 5.73 Å². The number of hydrogen-bond donors (Lipinski definition) is 2. The number of thiazole rings is 1. The highest BCUT2D eigenvalue weighted by Crippen LogP contribution is 2.20. The molecule has 0 fully saturated rings. The first-order valence-electron chi connectivity index (χ1n) is 6.67. The number of nitrogens with one attached hydrogen (secondary N) is 1. The molecule has 2 aromatic rings. The summed E-state index contributed by atoms with van der Waals surface area (Å²) in [6.07, 6.45) is 2.96. The maximum Gasteiger partial charge on any atom is 0.248 e. The van der Waals surface area contributed by atoms with Gasteiger partial charge in [0.05, 0.1) is 6.04 Å². The van der Waals surface area contributed by atoms with E-state index in [0.717, 1.165) is 17.0 Å². The molecule has 0 aliphatic heterocycles. The Labute approximate surface area is 123 Å². The van der Waals surface area contributed by atoms with Crippen LogP contribution >= 0.6 is 11.3 Å². The molecule has 0 aliphatic rings. The normalized spacial score (nSPS) is 12.3. The number of hydrogen-bond acceptors (Lipinski definition) is 4. The summed E-state index contributed by atoms with van der Waals surface area (Å²) < 4.78 is 0. The Hall–Kier alpha value is -1.72. The quantitative estimate of drug-likeness (QED) is 0.859. The monoisotopic (exact) mass is 289 g/mol. The molecule has 0 saturated carbocycles. The summed E-state index contributed by atoms with van der Waals surface area (Å²) in [5, 5.41) is 4.51. The highest BCUT2D eigenvalue weighted by Gasteiger charge is 2.10. The second-order valence-electron chi connectivity index (χ2n) is 4.69. The SMILES string of the molecule is CCc1cnc(C(C)NCc2cccc(C(N)=O)c2)s1. The number of carbonyl (C=O) groups excluding carboxylic acids is 1. The predicted octanol–water partition coefficient (Wildman–Crippen LogP) is 2.66. The number of rotatable bonds is 6. The number of primary amides is 1. The van der Waals surface area contributed by atoms with Gasteiger partial charge in [0, 0.05) is 23.2 Å². The van der Waals surface area contributed by atoms with E-state index in [1.165, 1.54) is 4.88 Å². The van der Waals surface area contributed by atoms with Crippen LogP contribution < -0.4 is 11.1 Å². The Morgan fingerprint density at radius 2 is 2.30 bits per heavy atom. The molecule has 0 bridgehead atoms. The van der Waals surface area contributed by atoms with Gasteiger partial charge >= 0.3 is 0 Å². The van der Waals surface area contributed by atoms with Crippen molar-refractivity contribution in [3.05, 3.63) is 51.5 Å². The number of amides is 1. The minimum absolute atomic E-state index is 0.192. The third-order valence-corrected chi connectivity index (χ3v) is 4.44. The molecule has 1 unspecified atom stereocenters. The standard InChI is InChI=1S/C15H19N3OS/c1-3-13-9-18-15(20-13)10(2)17-8-11-5-4-6-12(7-11)14(16)19/h4-7,9-10,17H,3,8H2,1-2H3,(H2,16,19). The van der Waals surface area contributed by atoms with Gasteiger partial charge in [-0.2, -0.15) is 0 Å². The van der Waals surface area contributed by atoms with Gasteiger partial charge in [-0.15, -0.1) is 11.3 Å². The Morgan fingerprint density at radius 1 is 1.50 bits per heavy atom. The first-order chi connectivity index (χ1) is 9.60. The van der Waals surface area contributed by atoms with E-state index in [2.05, 4.69) is 24.1 Å². The predicted molar refractivity (Wildman–Crippen MR) is 81.7 cm³/mol. The smallest absolute Gasteiger partial charge is 0.248 e. The lowest BCUT2D eigenvalue weighted by Crippen LogP contribution is -2.18. The highest BCUT2D eigenvalue weighted by molar-refractivity contribution is 7.11. The van der Waals surface area contributed by atoms with Crippen molar-refractivity contribution in [2.24, 2.45) is 5.73 Å². The zero-order chi connectivity index (χ0) is 14.5. The fraction of sp³-hybridized carbons (Fsp3) is 0.333. The second-order valence-corrected chi connectivity index (χ2v) is 5.83. The summed E-state index contributed by atoms with van der Waals surface area (Å²) in [6, 6.07) is 7.56. The van der Waals surface area contributed by atoms with E-state index in [1.54, 1.807) is 17.4 Å². The number of carbonyl (C=O) groups is 1. The van der Waals surface area contributed by atoms with Crippen LogP contribution in [0.15, 0.2) is 30.5 Å². The van der Waals surface area contributed by atoms with E-state index < -0.39 is 5.91 Å². The van der Waals surface area contributed by atoms with Gasteiger partial charge in [0.2, 0.25) is 5.91 Å². The van der Waals surface area contributed by atoms with Crippen LogP contribution in [0.25, 0.3) is 0 Å². The number of nitrogens with zero attached hydrogens (tertiary/aromatic N) is 1. The molecule has 20 heavy (non-hydrogen) atoms. The summed E-state index contributed by atoms with van der Waals surface area (Å²) in [4.78, 5) is 16.9. The van der Waals surface area contributed by atoms with E-state index in [0.29, 0.717) is 12.1 Å². The number of aromatic nitrogens is 1.